The predicted octanol–water partition coefficient (Wildman–Crippen LogP) is 7.58. The first-order valence-corrected chi connectivity index (χ1v) is 17.0. The maximum atomic E-state index is 14.5. The topological polar surface area (TPSA) is 86.8 Å². The molecular weight excluding hydrogens is 676 g/mol. The number of likely N-dealkylation sites (N-methyl/N-ethyl adjacent to an activating group) is 1. The van der Waals surface area contributed by atoms with Crippen molar-refractivity contribution in [3.8, 4) is 0 Å². The van der Waals surface area contributed by atoms with Gasteiger partial charge in [-0.15, -0.1) is 0 Å². The van der Waals surface area contributed by atoms with Crippen LogP contribution in [0.3, 0.4) is 0 Å². The number of halogens is 4. The van der Waals surface area contributed by atoms with E-state index >= 15 is 0 Å². The Bertz CT molecular complexity index is 1730. The number of amides is 2. The summed E-state index contributed by atoms with van der Waals surface area (Å²) in [5.41, 5.74) is 2.14. The molecule has 4 aromatic rings. The summed E-state index contributed by atoms with van der Waals surface area (Å²) in [6.07, 6.45) is 0.147. The van der Waals surface area contributed by atoms with E-state index in [1.165, 1.54) is 35.2 Å². The first-order valence-electron chi connectivity index (χ1n) is 14.0. The molecule has 0 saturated carbocycles. The second-order valence-corrected chi connectivity index (χ2v) is 13.8. The molecule has 7 nitrogen and oxygen atoms in total. The maximum absolute atomic E-state index is 14.5. The summed E-state index contributed by atoms with van der Waals surface area (Å²) >= 11 is 25.6. The lowest BCUT2D eigenvalue weighted by Crippen LogP contribution is -2.53. The molecule has 0 saturated heterocycles. The molecule has 0 fully saturated rings. The van der Waals surface area contributed by atoms with E-state index in [2.05, 4.69) is 5.32 Å². The molecule has 0 aliphatic carbocycles. The smallest absolute Gasteiger partial charge is 0.264 e. The molecule has 0 heterocycles. The fraction of sp³-hybridized carbons (Fsp3) is 0.212. The van der Waals surface area contributed by atoms with E-state index in [1.54, 1.807) is 37.3 Å². The number of sulfonamides is 1. The minimum absolute atomic E-state index is 0.0396. The average Bonchev–Trinajstić information content (AvgIpc) is 2.99. The van der Waals surface area contributed by atoms with Crippen molar-refractivity contribution < 1.29 is 18.0 Å². The minimum Gasteiger partial charge on any atom is -0.355 e. The number of aryl methyl sites for hydroxylation is 1. The van der Waals surface area contributed by atoms with Crippen molar-refractivity contribution in [2.45, 2.75) is 37.8 Å². The van der Waals surface area contributed by atoms with Crippen LogP contribution in [0.5, 0.6) is 0 Å². The number of carbonyl (C=O) groups is 2. The van der Waals surface area contributed by atoms with Gasteiger partial charge in [0.15, 0.2) is 0 Å². The van der Waals surface area contributed by atoms with Crippen molar-refractivity contribution in [3.63, 3.8) is 0 Å². The van der Waals surface area contributed by atoms with Crippen LogP contribution >= 0.6 is 46.4 Å². The Balaban J connectivity index is 1.85. The summed E-state index contributed by atoms with van der Waals surface area (Å²) < 4.78 is 29.2. The van der Waals surface area contributed by atoms with Gasteiger partial charge in [-0.3, -0.25) is 13.9 Å². The van der Waals surface area contributed by atoms with E-state index in [9.17, 15) is 18.0 Å². The van der Waals surface area contributed by atoms with Gasteiger partial charge in [0.1, 0.15) is 12.6 Å². The summed E-state index contributed by atoms with van der Waals surface area (Å²) in [6.45, 7) is 3.07. The Morgan fingerprint density at radius 1 is 0.822 bits per heavy atom. The van der Waals surface area contributed by atoms with Crippen LogP contribution in [0.25, 0.3) is 0 Å². The Hall–Kier alpha value is -3.27. The van der Waals surface area contributed by atoms with Gasteiger partial charge in [0.25, 0.3) is 10.0 Å². The minimum atomic E-state index is -4.32. The van der Waals surface area contributed by atoms with Crippen LogP contribution in [0.1, 0.15) is 23.6 Å². The quantitative estimate of drug-likeness (QED) is 0.165. The molecule has 12 heteroatoms. The standard InChI is InChI=1S/C33H31Cl4N3O4S/c1-3-38-33(42)31(16-23-8-5-4-6-9-23)39(20-28-29(36)10-7-11-30(28)37)32(41)21-40(26-18-24(34)17-25(35)19-26)45(43,44)27-14-12-22(2)13-15-27/h4-15,17-19,31H,3,16,20-21H2,1-2H3,(H,38,42). The van der Waals surface area contributed by atoms with Crippen molar-refractivity contribution in [1.82, 2.24) is 10.2 Å². The lowest BCUT2D eigenvalue weighted by atomic mass is 10.0. The van der Waals surface area contributed by atoms with E-state index in [0.29, 0.717) is 22.2 Å². The summed E-state index contributed by atoms with van der Waals surface area (Å²) in [7, 11) is -4.32. The average molecular weight is 708 g/mol. The third-order valence-corrected chi connectivity index (χ3v) is 9.97. The van der Waals surface area contributed by atoms with Crippen LogP contribution in [0.15, 0.2) is 95.9 Å². The first-order chi connectivity index (χ1) is 21.4. The molecule has 0 spiro atoms. The molecule has 45 heavy (non-hydrogen) atoms. The van der Waals surface area contributed by atoms with Crippen LogP contribution in [0.4, 0.5) is 5.69 Å². The van der Waals surface area contributed by atoms with Crippen LogP contribution < -0.4 is 9.62 Å². The zero-order chi connectivity index (χ0) is 32.7. The van der Waals surface area contributed by atoms with E-state index in [0.717, 1.165) is 15.4 Å². The molecule has 1 unspecified atom stereocenters. The zero-order valence-corrected chi connectivity index (χ0v) is 28.4. The largest absolute Gasteiger partial charge is 0.355 e. The predicted molar refractivity (Wildman–Crippen MR) is 182 cm³/mol. The van der Waals surface area contributed by atoms with Gasteiger partial charge in [0, 0.05) is 45.2 Å². The summed E-state index contributed by atoms with van der Waals surface area (Å²) in [4.78, 5) is 29.4. The van der Waals surface area contributed by atoms with E-state index < -0.39 is 34.4 Å². The molecule has 236 valence electrons. The van der Waals surface area contributed by atoms with Gasteiger partial charge in [0.2, 0.25) is 11.8 Å². The Labute approximate surface area is 283 Å². The van der Waals surface area contributed by atoms with Crippen LogP contribution in [0.2, 0.25) is 20.1 Å². The van der Waals surface area contributed by atoms with Crippen molar-refractivity contribution in [3.05, 3.63) is 128 Å². The highest BCUT2D eigenvalue weighted by Gasteiger charge is 2.35. The van der Waals surface area contributed by atoms with Gasteiger partial charge in [0.05, 0.1) is 10.6 Å². The Morgan fingerprint density at radius 2 is 1.42 bits per heavy atom. The monoisotopic (exact) mass is 705 g/mol. The Morgan fingerprint density at radius 3 is 2.00 bits per heavy atom. The highest BCUT2D eigenvalue weighted by Crippen LogP contribution is 2.31. The number of benzene rings is 4. The molecule has 1 N–H and O–H groups in total. The highest BCUT2D eigenvalue weighted by atomic mass is 35.5. The zero-order valence-electron chi connectivity index (χ0n) is 24.5. The second kappa shape index (κ2) is 15.3. The normalized spacial score (nSPS) is 12.0. The van der Waals surface area contributed by atoms with Crippen LogP contribution in [-0.4, -0.2) is 44.3 Å². The number of carbonyl (C=O) groups excluding carboxylic acids is 2. The Kier molecular flexibility index (Phi) is 11.8. The van der Waals surface area contributed by atoms with Gasteiger partial charge in [-0.25, -0.2) is 8.42 Å². The molecule has 0 radical (unpaired) electrons. The number of hydrogen-bond donors (Lipinski definition) is 1. The summed E-state index contributed by atoms with van der Waals surface area (Å²) in [6, 6.07) is 23.6. The molecule has 0 aliphatic rings. The number of nitrogens with zero attached hydrogens (tertiary/aromatic N) is 2. The molecule has 0 bridgehead atoms. The molecule has 4 aromatic carbocycles. The number of hydrogen-bond acceptors (Lipinski definition) is 4. The van der Waals surface area contributed by atoms with Gasteiger partial charge in [-0.2, -0.15) is 0 Å². The molecule has 1 atom stereocenters. The summed E-state index contributed by atoms with van der Waals surface area (Å²) in [5, 5.41) is 3.75. The van der Waals surface area contributed by atoms with Crippen molar-refractivity contribution in [2.75, 3.05) is 17.4 Å². The van der Waals surface area contributed by atoms with E-state index in [1.807, 2.05) is 37.3 Å². The molecule has 0 aliphatic heterocycles. The lowest BCUT2D eigenvalue weighted by Gasteiger charge is -2.34. The number of nitrogens with one attached hydrogen (secondary N) is 1. The fourth-order valence-electron chi connectivity index (χ4n) is 4.75. The fourth-order valence-corrected chi connectivity index (χ4v) is 7.18. The SMILES string of the molecule is CCNC(=O)C(Cc1ccccc1)N(Cc1c(Cl)cccc1Cl)C(=O)CN(c1cc(Cl)cc(Cl)c1)S(=O)(=O)c1ccc(C)cc1. The van der Waals surface area contributed by atoms with Gasteiger partial charge in [-0.05, 0) is 61.9 Å². The number of rotatable bonds is 12. The molecule has 2 amide bonds. The third kappa shape index (κ3) is 8.71. The highest BCUT2D eigenvalue weighted by molar-refractivity contribution is 7.92. The lowest BCUT2D eigenvalue weighted by molar-refractivity contribution is -0.140. The van der Waals surface area contributed by atoms with Crippen molar-refractivity contribution in [1.29, 1.82) is 0 Å². The maximum Gasteiger partial charge on any atom is 0.264 e. The molecule has 4 rings (SSSR count). The van der Waals surface area contributed by atoms with E-state index in [4.69, 9.17) is 46.4 Å². The van der Waals surface area contributed by atoms with Crippen LogP contribution in [0, 0.1) is 6.92 Å². The van der Waals surface area contributed by atoms with Crippen LogP contribution in [-0.2, 0) is 32.6 Å². The second-order valence-electron chi connectivity index (χ2n) is 10.3. The first kappa shape index (κ1) is 34.6. The van der Waals surface area contributed by atoms with Crippen molar-refractivity contribution >= 4 is 73.9 Å². The third-order valence-electron chi connectivity index (χ3n) is 7.04. The molecular formula is C33H31Cl4N3O4S. The van der Waals surface area contributed by atoms with E-state index in [-0.39, 0.29) is 33.6 Å². The van der Waals surface area contributed by atoms with Gasteiger partial charge >= 0.3 is 0 Å². The summed E-state index contributed by atoms with van der Waals surface area (Å²) in [5.74, 6) is -1.10. The van der Waals surface area contributed by atoms with Gasteiger partial charge in [-0.1, -0.05) is 100 Å². The van der Waals surface area contributed by atoms with Gasteiger partial charge < -0.3 is 10.2 Å². The van der Waals surface area contributed by atoms with Crippen molar-refractivity contribution in [2.24, 2.45) is 0 Å². The molecule has 0 aromatic heterocycles. The number of anilines is 1.